The summed E-state index contributed by atoms with van der Waals surface area (Å²) < 4.78 is 39.8. The van der Waals surface area contributed by atoms with Gasteiger partial charge in [-0.3, -0.25) is 4.79 Å². The highest BCUT2D eigenvalue weighted by molar-refractivity contribution is 6.35. The summed E-state index contributed by atoms with van der Waals surface area (Å²) in [4.78, 5) is 12.2. The molecule has 0 heterocycles. The highest BCUT2D eigenvalue weighted by atomic mass is 35.5. The quantitative estimate of drug-likeness (QED) is 0.686. The first-order chi connectivity index (χ1) is 9.76. The zero-order chi connectivity index (χ0) is 15.6. The van der Waals surface area contributed by atoms with Crippen LogP contribution in [0.3, 0.4) is 0 Å². The van der Waals surface area contributed by atoms with Gasteiger partial charge in [-0.05, 0) is 42.5 Å². The molecule has 2 aromatic carbocycles. The summed E-state index contributed by atoms with van der Waals surface area (Å²) in [6.07, 6.45) is -4.77. The minimum atomic E-state index is -4.77. The van der Waals surface area contributed by atoms with E-state index in [4.69, 9.17) is 17.3 Å². The Morgan fingerprint density at radius 2 is 1.71 bits per heavy atom. The van der Waals surface area contributed by atoms with E-state index in [1.54, 1.807) is 0 Å². The molecule has 110 valence electrons. The van der Waals surface area contributed by atoms with Crippen LogP contribution in [-0.2, 0) is 0 Å². The highest BCUT2D eigenvalue weighted by Crippen LogP contribution is 2.25. The molecule has 0 atom stereocenters. The van der Waals surface area contributed by atoms with Crippen molar-refractivity contribution >= 4 is 23.1 Å². The van der Waals surface area contributed by atoms with Gasteiger partial charge in [0, 0.05) is 16.8 Å². The van der Waals surface area contributed by atoms with Gasteiger partial charge >= 0.3 is 6.36 Å². The Morgan fingerprint density at radius 1 is 1.10 bits per heavy atom. The number of halogens is 4. The van der Waals surface area contributed by atoms with Crippen LogP contribution in [0.4, 0.5) is 18.9 Å². The monoisotopic (exact) mass is 315 g/mol. The van der Waals surface area contributed by atoms with Crippen molar-refractivity contribution in [3.63, 3.8) is 0 Å². The number of carbonyl (C=O) groups is 1. The van der Waals surface area contributed by atoms with E-state index in [1.807, 2.05) is 0 Å². The molecular formula is C14H9ClF3NO2. The molecule has 7 heteroatoms. The van der Waals surface area contributed by atoms with Gasteiger partial charge in [0.2, 0.25) is 0 Å². The van der Waals surface area contributed by atoms with Crippen LogP contribution in [0.5, 0.6) is 5.75 Å². The number of benzene rings is 2. The molecule has 0 radical (unpaired) electrons. The molecule has 0 saturated heterocycles. The predicted octanol–water partition coefficient (Wildman–Crippen LogP) is 4.05. The largest absolute Gasteiger partial charge is 0.573 e. The molecule has 0 saturated carbocycles. The smallest absolute Gasteiger partial charge is 0.406 e. The first kappa shape index (κ1) is 15.2. The van der Waals surface area contributed by atoms with Crippen LogP contribution in [0.15, 0.2) is 42.5 Å². The van der Waals surface area contributed by atoms with Crippen molar-refractivity contribution in [3.8, 4) is 5.75 Å². The van der Waals surface area contributed by atoms with Crippen LogP contribution in [0.25, 0.3) is 0 Å². The fourth-order valence-electron chi connectivity index (χ4n) is 1.68. The Labute approximate surface area is 123 Å². The van der Waals surface area contributed by atoms with Gasteiger partial charge < -0.3 is 10.5 Å². The molecule has 2 N–H and O–H groups in total. The molecule has 0 amide bonds. The van der Waals surface area contributed by atoms with Crippen molar-refractivity contribution in [2.75, 3.05) is 5.73 Å². The van der Waals surface area contributed by atoms with Crippen LogP contribution >= 0.6 is 11.6 Å². The van der Waals surface area contributed by atoms with E-state index in [0.29, 0.717) is 5.69 Å². The second-order valence-electron chi connectivity index (χ2n) is 4.14. The van der Waals surface area contributed by atoms with Crippen LogP contribution in [0, 0.1) is 0 Å². The van der Waals surface area contributed by atoms with Crippen molar-refractivity contribution in [2.24, 2.45) is 0 Å². The van der Waals surface area contributed by atoms with E-state index < -0.39 is 17.9 Å². The summed E-state index contributed by atoms with van der Waals surface area (Å²) in [6, 6.07) is 8.99. The van der Waals surface area contributed by atoms with E-state index in [0.717, 1.165) is 12.1 Å². The van der Waals surface area contributed by atoms with Crippen molar-refractivity contribution < 1.29 is 22.7 Å². The van der Waals surface area contributed by atoms with E-state index in [9.17, 15) is 18.0 Å². The van der Waals surface area contributed by atoms with Gasteiger partial charge in [0.05, 0.1) is 5.02 Å². The number of hydrogen-bond donors (Lipinski definition) is 1. The maximum absolute atomic E-state index is 12.2. The third-order valence-electron chi connectivity index (χ3n) is 2.59. The minimum absolute atomic E-state index is 0.176. The van der Waals surface area contributed by atoms with Crippen LogP contribution in [-0.4, -0.2) is 12.1 Å². The number of nitrogen functional groups attached to an aromatic ring is 1. The number of ether oxygens (including phenoxy) is 1. The zero-order valence-corrected chi connectivity index (χ0v) is 11.2. The van der Waals surface area contributed by atoms with Crippen LogP contribution in [0.2, 0.25) is 5.02 Å². The van der Waals surface area contributed by atoms with E-state index in [1.165, 1.54) is 30.3 Å². The van der Waals surface area contributed by atoms with Crippen LogP contribution < -0.4 is 10.5 Å². The maximum atomic E-state index is 12.2. The lowest BCUT2D eigenvalue weighted by Crippen LogP contribution is -2.17. The standard InChI is InChI=1S/C14H9ClF3NO2/c15-12-7-9(19)3-6-11(12)13(20)8-1-4-10(5-2-8)21-14(16,17)18/h1-7H,19H2. The van der Waals surface area contributed by atoms with Gasteiger partial charge in [-0.15, -0.1) is 13.2 Å². The Hall–Kier alpha value is -2.21. The number of carbonyl (C=O) groups excluding carboxylic acids is 1. The van der Waals surface area contributed by atoms with Gasteiger partial charge in [0.1, 0.15) is 5.75 Å². The summed E-state index contributed by atoms with van der Waals surface area (Å²) in [5.41, 5.74) is 6.34. The van der Waals surface area contributed by atoms with E-state index >= 15 is 0 Å². The molecular weight excluding hydrogens is 307 g/mol. The molecule has 0 bridgehead atoms. The SMILES string of the molecule is Nc1ccc(C(=O)c2ccc(OC(F)(F)F)cc2)c(Cl)c1. The maximum Gasteiger partial charge on any atom is 0.573 e. The lowest BCUT2D eigenvalue weighted by molar-refractivity contribution is -0.274. The number of rotatable bonds is 3. The average Bonchev–Trinajstić information content (AvgIpc) is 2.37. The summed E-state index contributed by atoms with van der Waals surface area (Å²) >= 11 is 5.92. The van der Waals surface area contributed by atoms with Gasteiger partial charge in [-0.2, -0.15) is 0 Å². The Balaban J connectivity index is 2.24. The first-order valence-corrected chi connectivity index (χ1v) is 6.09. The summed E-state index contributed by atoms with van der Waals surface area (Å²) in [5.74, 6) is -0.819. The zero-order valence-electron chi connectivity index (χ0n) is 10.4. The molecule has 0 aliphatic heterocycles. The minimum Gasteiger partial charge on any atom is -0.406 e. The molecule has 0 aliphatic rings. The summed E-state index contributed by atoms with van der Waals surface area (Å²) in [6.45, 7) is 0. The third-order valence-corrected chi connectivity index (χ3v) is 2.90. The van der Waals surface area contributed by atoms with Gasteiger partial charge in [0.15, 0.2) is 5.78 Å². The molecule has 2 rings (SSSR count). The predicted molar refractivity (Wildman–Crippen MR) is 72.4 cm³/mol. The third kappa shape index (κ3) is 3.88. The lowest BCUT2D eigenvalue weighted by atomic mass is 10.0. The number of alkyl halides is 3. The number of anilines is 1. The van der Waals surface area contributed by atoms with Crippen LogP contribution in [0.1, 0.15) is 15.9 Å². The molecule has 0 aliphatic carbocycles. The Bertz CT molecular complexity index is 669. The lowest BCUT2D eigenvalue weighted by Gasteiger charge is -2.09. The van der Waals surface area contributed by atoms with Crippen molar-refractivity contribution in [3.05, 3.63) is 58.6 Å². The number of nitrogens with two attached hydrogens (primary N) is 1. The molecule has 0 aromatic heterocycles. The van der Waals surface area contributed by atoms with Gasteiger partial charge in [-0.1, -0.05) is 11.6 Å². The second-order valence-corrected chi connectivity index (χ2v) is 4.55. The normalized spacial score (nSPS) is 11.2. The van der Waals surface area contributed by atoms with E-state index in [2.05, 4.69) is 4.74 Å². The Kier molecular flexibility index (Phi) is 4.09. The Morgan fingerprint density at radius 3 is 2.24 bits per heavy atom. The molecule has 3 nitrogen and oxygen atoms in total. The fraction of sp³-hybridized carbons (Fsp3) is 0.0714. The first-order valence-electron chi connectivity index (χ1n) is 5.72. The van der Waals surface area contributed by atoms with Gasteiger partial charge in [0.25, 0.3) is 0 Å². The molecule has 0 fully saturated rings. The fourth-order valence-corrected chi connectivity index (χ4v) is 1.95. The molecule has 2 aromatic rings. The second kappa shape index (κ2) is 5.65. The summed E-state index contributed by atoms with van der Waals surface area (Å²) in [7, 11) is 0. The summed E-state index contributed by atoms with van der Waals surface area (Å²) in [5, 5.41) is 0.176. The number of ketones is 1. The molecule has 0 spiro atoms. The molecule has 21 heavy (non-hydrogen) atoms. The molecule has 0 unspecified atom stereocenters. The topological polar surface area (TPSA) is 52.3 Å². The van der Waals surface area contributed by atoms with Crippen molar-refractivity contribution in [1.29, 1.82) is 0 Å². The van der Waals surface area contributed by atoms with E-state index in [-0.39, 0.29) is 16.1 Å². The number of hydrogen-bond acceptors (Lipinski definition) is 3. The van der Waals surface area contributed by atoms with Gasteiger partial charge in [-0.25, -0.2) is 0 Å². The van der Waals surface area contributed by atoms with Crippen molar-refractivity contribution in [2.45, 2.75) is 6.36 Å². The average molecular weight is 316 g/mol. The van der Waals surface area contributed by atoms with Crippen molar-refractivity contribution in [1.82, 2.24) is 0 Å². The highest BCUT2D eigenvalue weighted by Gasteiger charge is 2.31.